The maximum Gasteiger partial charge on any atom is 0.513 e. The van der Waals surface area contributed by atoms with Gasteiger partial charge in [0.25, 0.3) is 0 Å². The lowest BCUT2D eigenvalue weighted by Gasteiger charge is -2.31. The van der Waals surface area contributed by atoms with Gasteiger partial charge in [0.1, 0.15) is 5.69 Å². The molecule has 1 saturated heterocycles. The molecule has 1 aliphatic heterocycles. The summed E-state index contributed by atoms with van der Waals surface area (Å²) in [6.45, 7) is 0. The summed E-state index contributed by atoms with van der Waals surface area (Å²) in [6.07, 6.45) is 3.11. The zero-order chi connectivity index (χ0) is 13.2. The number of para-hydroxylation sites is 2. The van der Waals surface area contributed by atoms with Crippen molar-refractivity contribution in [2.45, 2.75) is 24.5 Å². The van der Waals surface area contributed by atoms with E-state index in [1.165, 1.54) is 31.4 Å². The molecule has 0 aromatic heterocycles. The van der Waals surface area contributed by atoms with Crippen molar-refractivity contribution in [1.82, 2.24) is 0 Å². The van der Waals surface area contributed by atoms with Crippen LogP contribution in [0.2, 0.25) is 0 Å². The number of carbonyl (C=O) groups is 1. The third kappa shape index (κ3) is 2.47. The van der Waals surface area contributed by atoms with E-state index < -0.39 is 6.16 Å². The molecule has 2 aliphatic rings. The maximum absolute atomic E-state index is 11.2. The van der Waals surface area contributed by atoms with Gasteiger partial charge in [-0.2, -0.15) is 0 Å². The molecule has 1 aromatic carbocycles. The van der Waals surface area contributed by atoms with Crippen LogP contribution in [0.1, 0.15) is 19.3 Å². The van der Waals surface area contributed by atoms with Crippen LogP contribution in [0.3, 0.4) is 0 Å². The Balaban J connectivity index is 1.81. The van der Waals surface area contributed by atoms with E-state index >= 15 is 0 Å². The normalized spacial score (nSPS) is 26.7. The number of aliphatic imine (C=N–C) groups is 1. The first kappa shape index (κ1) is 12.5. The van der Waals surface area contributed by atoms with E-state index in [0.717, 1.165) is 5.25 Å². The lowest BCUT2D eigenvalue weighted by Crippen LogP contribution is -2.30. The number of carbonyl (C=O) groups excluding carboxylic acids is 1. The molecule has 100 valence electrons. The molecule has 5 heteroatoms. The van der Waals surface area contributed by atoms with Crippen LogP contribution < -0.4 is 4.74 Å². The Morgan fingerprint density at radius 3 is 3.00 bits per heavy atom. The lowest BCUT2D eigenvalue weighted by molar-refractivity contribution is 0.121. The lowest BCUT2D eigenvalue weighted by atomic mass is 10.1. The van der Waals surface area contributed by atoms with Crippen LogP contribution in [-0.2, 0) is 4.74 Å². The van der Waals surface area contributed by atoms with Crippen LogP contribution in [-0.4, -0.2) is 23.6 Å². The molecule has 0 radical (unpaired) electrons. The summed E-state index contributed by atoms with van der Waals surface area (Å²) >= 11 is 1.85. The second-order valence-corrected chi connectivity index (χ2v) is 5.93. The molecule has 2 unspecified atom stereocenters. The fourth-order valence-electron chi connectivity index (χ4n) is 2.52. The molecule has 0 amide bonds. The fraction of sp³-hybridized carbons (Fsp3) is 0.429. The standard InChI is InChI=1S/C14H15NO3S/c1-17-14(16)18-11-7-3-2-6-10(11)15-13-9-5-4-8-12(9)19-13/h2-3,6-7,9,12H,4-5,8H2,1H3. The van der Waals surface area contributed by atoms with E-state index in [-0.39, 0.29) is 0 Å². The van der Waals surface area contributed by atoms with Gasteiger partial charge < -0.3 is 9.47 Å². The number of nitrogens with zero attached hydrogens (tertiary/aromatic N) is 1. The van der Waals surface area contributed by atoms with Crippen molar-refractivity contribution in [3.8, 4) is 5.75 Å². The summed E-state index contributed by atoms with van der Waals surface area (Å²) in [4.78, 5) is 15.8. The molecule has 2 fully saturated rings. The summed E-state index contributed by atoms with van der Waals surface area (Å²) in [7, 11) is 1.29. The number of methoxy groups -OCH3 is 1. The SMILES string of the molecule is COC(=O)Oc1ccccc1N=C1SC2CCCC12. The minimum absolute atomic E-state index is 0.448. The van der Waals surface area contributed by atoms with Gasteiger partial charge in [-0.25, -0.2) is 9.79 Å². The monoisotopic (exact) mass is 277 g/mol. The van der Waals surface area contributed by atoms with Gasteiger partial charge in [0.2, 0.25) is 0 Å². The Hall–Kier alpha value is -1.49. The van der Waals surface area contributed by atoms with Gasteiger partial charge in [-0.15, -0.1) is 11.8 Å². The first-order chi connectivity index (χ1) is 9.28. The summed E-state index contributed by atoms with van der Waals surface area (Å²) < 4.78 is 9.61. The first-order valence-electron chi connectivity index (χ1n) is 6.38. The van der Waals surface area contributed by atoms with Crippen molar-refractivity contribution in [1.29, 1.82) is 0 Å². The Bertz CT molecular complexity index is 529. The van der Waals surface area contributed by atoms with E-state index in [0.29, 0.717) is 17.4 Å². The number of rotatable bonds is 2. The van der Waals surface area contributed by atoms with Crippen LogP contribution in [0, 0.1) is 5.92 Å². The number of hydrogen-bond donors (Lipinski definition) is 0. The van der Waals surface area contributed by atoms with Gasteiger partial charge in [0.15, 0.2) is 5.75 Å². The second kappa shape index (κ2) is 5.25. The zero-order valence-electron chi connectivity index (χ0n) is 10.7. The van der Waals surface area contributed by atoms with Crippen molar-refractivity contribution >= 4 is 28.6 Å². The third-order valence-electron chi connectivity index (χ3n) is 3.50. The van der Waals surface area contributed by atoms with Gasteiger partial charge in [-0.1, -0.05) is 18.6 Å². The van der Waals surface area contributed by atoms with Crippen LogP contribution in [0.5, 0.6) is 5.75 Å². The molecule has 2 atom stereocenters. The van der Waals surface area contributed by atoms with E-state index in [1.54, 1.807) is 6.07 Å². The van der Waals surface area contributed by atoms with Crippen LogP contribution in [0.25, 0.3) is 0 Å². The van der Waals surface area contributed by atoms with Crippen molar-refractivity contribution in [2.75, 3.05) is 7.11 Å². The molecule has 0 N–H and O–H groups in total. The highest BCUT2D eigenvalue weighted by atomic mass is 32.2. The number of benzene rings is 1. The molecule has 1 aromatic rings. The first-order valence-corrected chi connectivity index (χ1v) is 7.26. The van der Waals surface area contributed by atoms with Gasteiger partial charge >= 0.3 is 6.16 Å². The molecule has 1 aliphatic carbocycles. The fourth-order valence-corrected chi connectivity index (χ4v) is 3.92. The summed E-state index contributed by atoms with van der Waals surface area (Å²) in [5.74, 6) is 1.07. The average Bonchev–Trinajstić information content (AvgIpc) is 2.79. The molecular weight excluding hydrogens is 262 g/mol. The van der Waals surface area contributed by atoms with Crippen molar-refractivity contribution < 1.29 is 14.3 Å². The predicted molar refractivity (Wildman–Crippen MR) is 75.3 cm³/mol. The molecule has 0 spiro atoms. The second-order valence-electron chi connectivity index (χ2n) is 4.67. The molecule has 3 rings (SSSR count). The van der Waals surface area contributed by atoms with Crippen molar-refractivity contribution in [3.05, 3.63) is 24.3 Å². The highest BCUT2D eigenvalue weighted by Gasteiger charge is 2.42. The summed E-state index contributed by atoms with van der Waals surface area (Å²) in [5.41, 5.74) is 0.695. The van der Waals surface area contributed by atoms with Crippen LogP contribution >= 0.6 is 11.8 Å². The van der Waals surface area contributed by atoms with E-state index in [9.17, 15) is 4.79 Å². The van der Waals surface area contributed by atoms with Crippen molar-refractivity contribution in [3.63, 3.8) is 0 Å². The topological polar surface area (TPSA) is 47.9 Å². The van der Waals surface area contributed by atoms with Crippen LogP contribution in [0.15, 0.2) is 29.3 Å². The summed E-state index contributed by atoms with van der Waals surface area (Å²) in [5, 5.41) is 1.93. The zero-order valence-corrected chi connectivity index (χ0v) is 11.5. The highest BCUT2D eigenvalue weighted by molar-refractivity contribution is 8.16. The molecule has 19 heavy (non-hydrogen) atoms. The smallest absolute Gasteiger partial charge is 0.437 e. The Morgan fingerprint density at radius 2 is 2.21 bits per heavy atom. The average molecular weight is 277 g/mol. The van der Waals surface area contributed by atoms with Crippen molar-refractivity contribution in [2.24, 2.45) is 10.9 Å². The molecule has 1 heterocycles. The number of hydrogen-bond acceptors (Lipinski definition) is 5. The van der Waals surface area contributed by atoms with Gasteiger partial charge in [-0.3, -0.25) is 0 Å². The Kier molecular flexibility index (Phi) is 3.46. The predicted octanol–water partition coefficient (Wildman–Crippen LogP) is 3.78. The van der Waals surface area contributed by atoms with Gasteiger partial charge in [0, 0.05) is 11.2 Å². The molecular formula is C14H15NO3S. The quantitative estimate of drug-likeness (QED) is 0.609. The number of fused-ring (bicyclic) bond motifs is 1. The van der Waals surface area contributed by atoms with E-state index in [2.05, 4.69) is 9.73 Å². The highest BCUT2D eigenvalue weighted by Crippen LogP contribution is 2.49. The molecule has 4 nitrogen and oxygen atoms in total. The van der Waals surface area contributed by atoms with Crippen LogP contribution in [0.4, 0.5) is 10.5 Å². The van der Waals surface area contributed by atoms with E-state index in [1.807, 2.05) is 30.0 Å². The minimum atomic E-state index is -0.715. The molecule has 1 saturated carbocycles. The van der Waals surface area contributed by atoms with E-state index in [4.69, 9.17) is 4.74 Å². The van der Waals surface area contributed by atoms with Gasteiger partial charge in [0.05, 0.1) is 12.2 Å². The molecule has 0 bridgehead atoms. The third-order valence-corrected chi connectivity index (χ3v) is 5.00. The number of ether oxygens (including phenoxy) is 2. The Morgan fingerprint density at radius 1 is 1.37 bits per heavy atom. The summed E-state index contributed by atoms with van der Waals surface area (Å²) in [6, 6.07) is 7.28. The minimum Gasteiger partial charge on any atom is -0.437 e. The largest absolute Gasteiger partial charge is 0.513 e. The number of thioether (sulfide) groups is 1. The Labute approximate surface area is 116 Å². The maximum atomic E-state index is 11.2. The van der Waals surface area contributed by atoms with Gasteiger partial charge in [-0.05, 0) is 25.0 Å².